The largest absolute Gasteiger partial charge is 0.451 e. The molecule has 1 fully saturated rings. The molecule has 2 aromatic carbocycles. The number of amides is 3. The zero-order valence-electron chi connectivity index (χ0n) is 14.3. The lowest BCUT2D eigenvalue weighted by atomic mass is 10.2. The molecule has 3 aromatic rings. The molecular weight excluding hydrogens is 346 g/mol. The highest BCUT2D eigenvalue weighted by molar-refractivity contribution is 6.03. The third-order valence-electron chi connectivity index (χ3n) is 4.17. The monoisotopic (exact) mass is 363 g/mol. The maximum Gasteiger partial charge on any atom is 0.319 e. The number of urea groups is 1. The molecule has 7 nitrogen and oxygen atoms in total. The van der Waals surface area contributed by atoms with E-state index in [9.17, 15) is 14.4 Å². The maximum absolute atomic E-state index is 12.4. The molecular formula is C20H17N3O4. The molecule has 4 rings (SSSR count). The molecule has 3 amide bonds. The second kappa shape index (κ2) is 6.95. The van der Waals surface area contributed by atoms with Crippen molar-refractivity contribution in [1.82, 2.24) is 5.32 Å². The van der Waals surface area contributed by atoms with E-state index in [0.717, 1.165) is 12.8 Å². The van der Waals surface area contributed by atoms with E-state index in [2.05, 4.69) is 16.0 Å². The van der Waals surface area contributed by atoms with Crippen LogP contribution in [0.25, 0.3) is 11.0 Å². The van der Waals surface area contributed by atoms with Crippen LogP contribution in [0.15, 0.2) is 63.8 Å². The third-order valence-corrected chi connectivity index (χ3v) is 4.17. The summed E-state index contributed by atoms with van der Waals surface area (Å²) in [6.45, 7) is 0. The highest BCUT2D eigenvalue weighted by Gasteiger charge is 2.23. The number of rotatable bonds is 4. The number of fused-ring (bicyclic) bond motifs is 1. The van der Waals surface area contributed by atoms with Crippen LogP contribution in [0.1, 0.15) is 23.4 Å². The van der Waals surface area contributed by atoms with Gasteiger partial charge < -0.3 is 20.4 Å². The molecule has 0 aliphatic heterocycles. The van der Waals surface area contributed by atoms with Crippen molar-refractivity contribution < 1.29 is 14.0 Å². The van der Waals surface area contributed by atoms with Crippen molar-refractivity contribution >= 4 is 34.3 Å². The molecule has 136 valence electrons. The van der Waals surface area contributed by atoms with Crippen LogP contribution in [0, 0.1) is 0 Å². The summed E-state index contributed by atoms with van der Waals surface area (Å²) in [5.74, 6) is -0.588. The SMILES string of the molecule is O=C(Nc1ccc(NC(=O)c2cc(=O)c3ccccc3o2)cc1)NC1CC1. The molecule has 0 unspecified atom stereocenters. The standard InChI is InChI=1S/C20H17N3O4/c24-16-11-18(27-17-4-2-1-3-15(16)17)19(25)21-12-5-7-13(8-6-12)22-20(26)23-14-9-10-14/h1-8,11,14H,9-10H2,(H,21,25)(H2,22,23,26). The minimum absolute atomic E-state index is 0.0651. The summed E-state index contributed by atoms with van der Waals surface area (Å²) in [5.41, 5.74) is 1.21. The highest BCUT2D eigenvalue weighted by Crippen LogP contribution is 2.19. The predicted octanol–water partition coefficient (Wildman–Crippen LogP) is 3.33. The Balaban J connectivity index is 1.44. The lowest BCUT2D eigenvalue weighted by Crippen LogP contribution is -2.30. The summed E-state index contributed by atoms with van der Waals surface area (Å²) in [5, 5.41) is 8.66. The summed E-state index contributed by atoms with van der Waals surface area (Å²) in [4.78, 5) is 36.2. The molecule has 27 heavy (non-hydrogen) atoms. The van der Waals surface area contributed by atoms with Crippen molar-refractivity contribution in [2.75, 3.05) is 10.6 Å². The summed E-state index contributed by atoms with van der Waals surface area (Å²) >= 11 is 0. The van der Waals surface area contributed by atoms with Crippen LogP contribution in [0.2, 0.25) is 0 Å². The number of para-hydroxylation sites is 1. The summed E-state index contributed by atoms with van der Waals surface area (Å²) in [6.07, 6.45) is 2.03. The normalized spacial score (nSPS) is 13.2. The molecule has 7 heteroatoms. The Bertz CT molecular complexity index is 1070. The van der Waals surface area contributed by atoms with E-state index in [0.29, 0.717) is 22.3 Å². The molecule has 1 heterocycles. The molecule has 0 saturated heterocycles. The number of hydrogen-bond donors (Lipinski definition) is 3. The molecule has 1 saturated carbocycles. The molecule has 0 atom stereocenters. The van der Waals surface area contributed by atoms with Crippen molar-refractivity contribution in [2.45, 2.75) is 18.9 Å². The van der Waals surface area contributed by atoms with Crippen LogP contribution >= 0.6 is 0 Å². The first-order valence-electron chi connectivity index (χ1n) is 8.60. The van der Waals surface area contributed by atoms with E-state index >= 15 is 0 Å². The van der Waals surface area contributed by atoms with Crippen LogP contribution in [0.4, 0.5) is 16.2 Å². The number of benzene rings is 2. The van der Waals surface area contributed by atoms with Gasteiger partial charge in [0.15, 0.2) is 11.2 Å². The average Bonchev–Trinajstić information content (AvgIpc) is 3.47. The van der Waals surface area contributed by atoms with E-state index in [-0.39, 0.29) is 23.3 Å². The van der Waals surface area contributed by atoms with Gasteiger partial charge in [-0.15, -0.1) is 0 Å². The van der Waals surface area contributed by atoms with Gasteiger partial charge in [0.1, 0.15) is 5.58 Å². The van der Waals surface area contributed by atoms with Crippen LogP contribution in [-0.2, 0) is 0 Å². The van der Waals surface area contributed by atoms with Crippen molar-refractivity contribution in [1.29, 1.82) is 0 Å². The van der Waals surface area contributed by atoms with Gasteiger partial charge in [-0.2, -0.15) is 0 Å². The zero-order chi connectivity index (χ0) is 18.8. The smallest absolute Gasteiger partial charge is 0.319 e. The van der Waals surface area contributed by atoms with Gasteiger partial charge in [-0.3, -0.25) is 9.59 Å². The Hall–Kier alpha value is -3.61. The van der Waals surface area contributed by atoms with Crippen molar-refractivity contribution in [3.63, 3.8) is 0 Å². The molecule has 0 radical (unpaired) electrons. The van der Waals surface area contributed by atoms with Gasteiger partial charge in [-0.25, -0.2) is 4.79 Å². The number of carbonyl (C=O) groups is 2. The predicted molar refractivity (Wildman–Crippen MR) is 102 cm³/mol. The Kier molecular flexibility index (Phi) is 4.33. The average molecular weight is 363 g/mol. The fourth-order valence-corrected chi connectivity index (χ4v) is 2.63. The molecule has 0 bridgehead atoms. The van der Waals surface area contributed by atoms with Gasteiger partial charge in [0.05, 0.1) is 5.39 Å². The molecule has 1 aliphatic carbocycles. The van der Waals surface area contributed by atoms with E-state index in [1.807, 2.05) is 0 Å². The van der Waals surface area contributed by atoms with Crippen molar-refractivity contribution in [2.24, 2.45) is 0 Å². The Morgan fingerprint density at radius 1 is 0.926 bits per heavy atom. The number of carbonyl (C=O) groups excluding carboxylic acids is 2. The molecule has 1 aliphatic rings. The van der Waals surface area contributed by atoms with Crippen LogP contribution in [0.3, 0.4) is 0 Å². The quantitative estimate of drug-likeness (QED) is 0.662. The highest BCUT2D eigenvalue weighted by atomic mass is 16.3. The first-order valence-corrected chi connectivity index (χ1v) is 8.60. The van der Waals surface area contributed by atoms with Gasteiger partial charge in [-0.1, -0.05) is 12.1 Å². The van der Waals surface area contributed by atoms with E-state index in [1.165, 1.54) is 6.07 Å². The van der Waals surface area contributed by atoms with E-state index in [1.54, 1.807) is 48.5 Å². The Morgan fingerprint density at radius 2 is 1.59 bits per heavy atom. The van der Waals surface area contributed by atoms with Crippen molar-refractivity contribution in [3.8, 4) is 0 Å². The Labute approximate surface area is 154 Å². The van der Waals surface area contributed by atoms with Crippen LogP contribution in [0.5, 0.6) is 0 Å². The van der Waals surface area contributed by atoms with Gasteiger partial charge >= 0.3 is 6.03 Å². The summed E-state index contributed by atoms with van der Waals surface area (Å²) in [7, 11) is 0. The minimum Gasteiger partial charge on any atom is -0.451 e. The number of hydrogen-bond acceptors (Lipinski definition) is 4. The molecule has 1 aromatic heterocycles. The molecule has 3 N–H and O–H groups in total. The van der Waals surface area contributed by atoms with Gasteiger partial charge in [0.25, 0.3) is 5.91 Å². The summed E-state index contributed by atoms with van der Waals surface area (Å²) < 4.78 is 5.52. The van der Waals surface area contributed by atoms with Gasteiger partial charge in [0.2, 0.25) is 0 Å². The topological polar surface area (TPSA) is 100 Å². The minimum atomic E-state index is -0.523. The first kappa shape index (κ1) is 16.8. The fraction of sp³-hybridized carbons (Fsp3) is 0.150. The van der Waals surface area contributed by atoms with Crippen LogP contribution in [-0.4, -0.2) is 18.0 Å². The lowest BCUT2D eigenvalue weighted by Gasteiger charge is -2.08. The summed E-state index contributed by atoms with van der Waals surface area (Å²) in [6, 6.07) is 14.6. The second-order valence-corrected chi connectivity index (χ2v) is 6.38. The maximum atomic E-state index is 12.4. The van der Waals surface area contributed by atoms with Crippen molar-refractivity contribution in [3.05, 3.63) is 70.6 Å². The van der Waals surface area contributed by atoms with Gasteiger partial charge in [0, 0.05) is 23.5 Å². The Morgan fingerprint density at radius 3 is 2.30 bits per heavy atom. The zero-order valence-corrected chi connectivity index (χ0v) is 14.3. The fourth-order valence-electron chi connectivity index (χ4n) is 2.63. The first-order chi connectivity index (χ1) is 13.1. The lowest BCUT2D eigenvalue weighted by molar-refractivity contribution is 0.0997. The van der Waals surface area contributed by atoms with Crippen LogP contribution < -0.4 is 21.4 Å². The number of anilines is 2. The molecule has 0 spiro atoms. The third kappa shape index (κ3) is 3.98. The van der Waals surface area contributed by atoms with E-state index < -0.39 is 5.91 Å². The van der Waals surface area contributed by atoms with E-state index in [4.69, 9.17) is 4.42 Å². The second-order valence-electron chi connectivity index (χ2n) is 6.38. The van der Waals surface area contributed by atoms with Gasteiger partial charge in [-0.05, 0) is 49.2 Å². The number of nitrogens with one attached hydrogen (secondary N) is 3.